The molecule has 1 unspecified atom stereocenters. The average molecular weight is 541 g/mol. The number of nitrogens with one attached hydrogen (secondary N) is 2. The van der Waals surface area contributed by atoms with Crippen LogP contribution in [0.15, 0.2) is 54.7 Å². The fourth-order valence-electron chi connectivity index (χ4n) is 3.72. The Balaban J connectivity index is 0.00000481. The number of rotatable bonds is 8. The maximum atomic E-state index is 13.0. The van der Waals surface area contributed by atoms with E-state index < -0.39 is 29.8 Å². The molecule has 0 aliphatic rings. The summed E-state index contributed by atoms with van der Waals surface area (Å²) in [5.41, 5.74) is 0.256. The monoisotopic (exact) mass is 540 g/mol. The second-order valence-corrected chi connectivity index (χ2v) is 8.25. The van der Waals surface area contributed by atoms with Crippen molar-refractivity contribution in [2.75, 3.05) is 31.3 Å². The van der Waals surface area contributed by atoms with Gasteiger partial charge in [-0.05, 0) is 57.8 Å². The zero-order valence-corrected chi connectivity index (χ0v) is 21.3. The number of anilines is 2. The van der Waals surface area contributed by atoms with Gasteiger partial charge in [-0.2, -0.15) is 13.2 Å². The lowest BCUT2D eigenvalue weighted by Gasteiger charge is -2.22. The summed E-state index contributed by atoms with van der Waals surface area (Å²) in [5.74, 6) is -0.687. The van der Waals surface area contributed by atoms with Crippen LogP contribution in [0.1, 0.15) is 30.1 Å². The summed E-state index contributed by atoms with van der Waals surface area (Å²) in [7, 11) is 3.46. The van der Waals surface area contributed by atoms with Crippen molar-refractivity contribution in [3.05, 3.63) is 60.3 Å². The van der Waals surface area contributed by atoms with Gasteiger partial charge in [0.25, 0.3) is 0 Å². The van der Waals surface area contributed by atoms with E-state index in [-0.39, 0.29) is 43.5 Å². The number of likely N-dealkylation sites (N-methyl/N-ethyl adjacent to an activating group) is 1. The molecule has 0 saturated carbocycles. The summed E-state index contributed by atoms with van der Waals surface area (Å²) in [6.45, 7) is 1.95. The number of para-hydroxylation sites is 1. The second-order valence-electron chi connectivity index (χ2n) is 8.25. The van der Waals surface area contributed by atoms with Crippen LogP contribution in [0.3, 0.4) is 0 Å². The summed E-state index contributed by atoms with van der Waals surface area (Å²) >= 11 is 0. The van der Waals surface area contributed by atoms with Gasteiger partial charge >= 0.3 is 18.2 Å². The van der Waals surface area contributed by atoms with E-state index >= 15 is 0 Å². The highest BCUT2D eigenvalue weighted by Crippen LogP contribution is 2.30. The van der Waals surface area contributed by atoms with Gasteiger partial charge in [0.2, 0.25) is 5.91 Å². The lowest BCUT2D eigenvalue weighted by molar-refractivity contribution is -0.148. The molecule has 1 aromatic heterocycles. The minimum atomic E-state index is -4.47. The first kappa shape index (κ1) is 29.7. The molecule has 0 saturated heterocycles. The molecule has 2 N–H and O–H groups in total. The zero-order chi connectivity index (χ0) is 26.5. The van der Waals surface area contributed by atoms with Gasteiger partial charge in [0.15, 0.2) is 0 Å². The minimum absolute atomic E-state index is 0. The Bertz CT molecular complexity index is 1240. The molecule has 2 amide bonds. The first-order valence-electron chi connectivity index (χ1n) is 11.2. The summed E-state index contributed by atoms with van der Waals surface area (Å²) < 4.78 is 44.7. The Morgan fingerprint density at radius 1 is 1.03 bits per heavy atom. The number of carbonyl (C=O) groups is 3. The Morgan fingerprint density at radius 3 is 2.27 bits per heavy atom. The lowest BCUT2D eigenvalue weighted by Crippen LogP contribution is -2.37. The number of fused-ring (bicyclic) bond motifs is 1. The number of urea groups is 1. The van der Waals surface area contributed by atoms with E-state index in [1.807, 2.05) is 0 Å². The Morgan fingerprint density at radius 2 is 1.68 bits per heavy atom. The maximum absolute atomic E-state index is 13.0. The van der Waals surface area contributed by atoms with Crippen LogP contribution in [-0.2, 0) is 15.7 Å². The van der Waals surface area contributed by atoms with Crippen molar-refractivity contribution in [3.63, 3.8) is 0 Å². The van der Waals surface area contributed by atoms with Crippen molar-refractivity contribution in [2.45, 2.75) is 32.0 Å². The summed E-state index contributed by atoms with van der Waals surface area (Å²) in [6.07, 6.45) is -2.70. The topological polar surface area (TPSA) is 92.7 Å². The van der Waals surface area contributed by atoms with Crippen LogP contribution in [0.5, 0.6) is 0 Å². The molecule has 0 bridgehead atoms. The summed E-state index contributed by atoms with van der Waals surface area (Å²) in [4.78, 5) is 39.4. The van der Waals surface area contributed by atoms with Crippen LogP contribution in [0, 0.1) is 0 Å². The standard InChI is InChI=1S/C25H27F3N4O4.ClH/c1-4-36-23(34)21(31(2)3)13-14-22(33)32-15-19(18-7-5-6-8-20(18)32)30-24(35)29-17-11-9-16(10-12-17)25(26,27)28;/h5-12,15,21H,4,13-14H2,1-3H3,(H2,29,30,35);1H. The number of esters is 1. The van der Waals surface area contributed by atoms with Gasteiger partial charge in [0.05, 0.1) is 23.4 Å². The van der Waals surface area contributed by atoms with Crippen LogP contribution < -0.4 is 10.6 Å². The Labute approximate surface area is 218 Å². The fourth-order valence-corrected chi connectivity index (χ4v) is 3.72. The van der Waals surface area contributed by atoms with Crippen LogP contribution >= 0.6 is 12.4 Å². The highest BCUT2D eigenvalue weighted by atomic mass is 35.5. The maximum Gasteiger partial charge on any atom is 0.416 e. The van der Waals surface area contributed by atoms with E-state index in [1.54, 1.807) is 50.2 Å². The molecule has 0 radical (unpaired) electrons. The number of halogens is 4. The van der Waals surface area contributed by atoms with Crippen LogP contribution in [-0.4, -0.2) is 54.1 Å². The van der Waals surface area contributed by atoms with Gasteiger partial charge in [-0.15, -0.1) is 12.4 Å². The third-order valence-electron chi connectivity index (χ3n) is 5.51. The number of aromatic nitrogens is 1. The normalized spacial score (nSPS) is 12.1. The largest absolute Gasteiger partial charge is 0.465 e. The highest BCUT2D eigenvalue weighted by Gasteiger charge is 2.30. The molecule has 12 heteroatoms. The van der Waals surface area contributed by atoms with Crippen molar-refractivity contribution >= 4 is 52.6 Å². The molecule has 37 heavy (non-hydrogen) atoms. The SMILES string of the molecule is CCOC(=O)C(CCC(=O)n1cc(NC(=O)Nc2ccc(C(F)(F)F)cc2)c2ccccc21)N(C)C.Cl. The molecule has 3 aromatic rings. The molecule has 2 aromatic carbocycles. The van der Waals surface area contributed by atoms with Gasteiger partial charge in [0.1, 0.15) is 6.04 Å². The van der Waals surface area contributed by atoms with E-state index in [0.29, 0.717) is 16.6 Å². The molecule has 0 spiro atoms. The van der Waals surface area contributed by atoms with E-state index in [1.165, 1.54) is 10.8 Å². The Hall–Kier alpha value is -3.57. The summed E-state index contributed by atoms with van der Waals surface area (Å²) in [5, 5.41) is 5.72. The van der Waals surface area contributed by atoms with Crippen molar-refractivity contribution in [1.29, 1.82) is 0 Å². The predicted molar refractivity (Wildman–Crippen MR) is 137 cm³/mol. The predicted octanol–water partition coefficient (Wildman–Crippen LogP) is 5.64. The number of carbonyl (C=O) groups excluding carboxylic acids is 3. The molecular weight excluding hydrogens is 513 g/mol. The van der Waals surface area contributed by atoms with Crippen molar-refractivity contribution < 1.29 is 32.3 Å². The molecule has 0 aliphatic heterocycles. The lowest BCUT2D eigenvalue weighted by atomic mass is 10.1. The first-order chi connectivity index (χ1) is 17.0. The number of alkyl halides is 3. The van der Waals surface area contributed by atoms with Crippen LogP contribution in [0.4, 0.5) is 29.3 Å². The second kappa shape index (κ2) is 12.6. The van der Waals surface area contributed by atoms with Gasteiger partial charge in [-0.3, -0.25) is 19.1 Å². The van der Waals surface area contributed by atoms with Crippen molar-refractivity contribution in [3.8, 4) is 0 Å². The van der Waals surface area contributed by atoms with E-state index in [4.69, 9.17) is 4.74 Å². The van der Waals surface area contributed by atoms with Gasteiger partial charge in [0, 0.05) is 23.7 Å². The highest BCUT2D eigenvalue weighted by molar-refractivity contribution is 6.08. The van der Waals surface area contributed by atoms with Gasteiger partial charge in [-0.1, -0.05) is 18.2 Å². The van der Waals surface area contributed by atoms with E-state index in [0.717, 1.165) is 24.3 Å². The molecule has 3 rings (SSSR count). The van der Waals surface area contributed by atoms with Gasteiger partial charge < -0.3 is 15.4 Å². The van der Waals surface area contributed by atoms with E-state index in [2.05, 4.69) is 10.6 Å². The fraction of sp³-hybridized carbons (Fsp3) is 0.320. The Kier molecular flexibility index (Phi) is 10.1. The molecule has 1 heterocycles. The molecule has 8 nitrogen and oxygen atoms in total. The first-order valence-corrected chi connectivity index (χ1v) is 11.2. The van der Waals surface area contributed by atoms with Crippen molar-refractivity contribution in [1.82, 2.24) is 9.47 Å². The van der Waals surface area contributed by atoms with E-state index in [9.17, 15) is 27.6 Å². The van der Waals surface area contributed by atoms with Gasteiger partial charge in [-0.25, -0.2) is 4.79 Å². The molecule has 0 aliphatic carbocycles. The molecule has 0 fully saturated rings. The number of amides is 2. The number of nitrogens with zero attached hydrogens (tertiary/aromatic N) is 2. The van der Waals surface area contributed by atoms with Crippen LogP contribution in [0.2, 0.25) is 0 Å². The molecule has 200 valence electrons. The number of benzene rings is 2. The smallest absolute Gasteiger partial charge is 0.416 e. The number of ether oxygens (including phenoxy) is 1. The summed E-state index contributed by atoms with van der Waals surface area (Å²) in [6, 6.07) is 9.74. The number of hydrogen-bond acceptors (Lipinski definition) is 5. The zero-order valence-electron chi connectivity index (χ0n) is 20.5. The third kappa shape index (κ3) is 7.46. The molecule has 1 atom stereocenters. The number of hydrogen-bond donors (Lipinski definition) is 2. The average Bonchev–Trinajstić information content (AvgIpc) is 3.17. The van der Waals surface area contributed by atoms with Crippen molar-refractivity contribution in [2.24, 2.45) is 0 Å². The quantitative estimate of drug-likeness (QED) is 0.361. The third-order valence-corrected chi connectivity index (χ3v) is 5.51. The van der Waals surface area contributed by atoms with Crippen LogP contribution in [0.25, 0.3) is 10.9 Å². The molecular formula is C25H28ClF3N4O4. The minimum Gasteiger partial charge on any atom is -0.465 e.